The first-order chi connectivity index (χ1) is 11.1. The molecule has 10 nitrogen and oxygen atoms in total. The van der Waals surface area contributed by atoms with Crippen LogP contribution >= 0.6 is 11.8 Å². The average Bonchev–Trinajstić information content (AvgIpc) is 2.47. The molecular formula is C13H24N4O6S. The van der Waals surface area contributed by atoms with Gasteiger partial charge in [0, 0.05) is 0 Å². The molecule has 3 amide bonds. The zero-order chi connectivity index (χ0) is 18.9. The van der Waals surface area contributed by atoms with Crippen LogP contribution in [0.2, 0.25) is 0 Å². The van der Waals surface area contributed by atoms with Crippen LogP contribution in [0.25, 0.3) is 0 Å². The average molecular weight is 364 g/mol. The third kappa shape index (κ3) is 8.13. The topological polar surface area (TPSA) is 185 Å². The number of carbonyl (C=O) groups is 4. The number of hydrogen-bond acceptors (Lipinski definition) is 7. The van der Waals surface area contributed by atoms with Gasteiger partial charge in [0.2, 0.25) is 17.7 Å². The summed E-state index contributed by atoms with van der Waals surface area (Å²) in [6, 6.07) is -3.85. The second-order valence-electron chi connectivity index (χ2n) is 5.18. The Morgan fingerprint density at radius 3 is 2.17 bits per heavy atom. The minimum atomic E-state index is -1.59. The van der Waals surface area contributed by atoms with Gasteiger partial charge in [0.05, 0.1) is 18.6 Å². The molecule has 0 saturated heterocycles. The first kappa shape index (κ1) is 22.1. The zero-order valence-electron chi connectivity index (χ0n) is 13.5. The SMILES string of the molecule is CSCC[C@H](N)C(=O)N[C@@H](CC(N)=O)C(=O)N[C@H](C(=O)O)[C@@H](C)O. The number of nitrogens with one attached hydrogen (secondary N) is 2. The molecule has 8 N–H and O–H groups in total. The Kier molecular flexibility index (Phi) is 10.0. The molecule has 24 heavy (non-hydrogen) atoms. The van der Waals surface area contributed by atoms with Crippen LogP contribution < -0.4 is 22.1 Å². The van der Waals surface area contributed by atoms with Crippen LogP contribution in [0.3, 0.4) is 0 Å². The van der Waals surface area contributed by atoms with Gasteiger partial charge in [-0.2, -0.15) is 11.8 Å². The van der Waals surface area contributed by atoms with E-state index in [1.165, 1.54) is 18.7 Å². The number of carboxylic acids is 1. The van der Waals surface area contributed by atoms with E-state index in [1.54, 1.807) is 0 Å². The molecule has 0 aliphatic heterocycles. The third-order valence-electron chi connectivity index (χ3n) is 3.05. The summed E-state index contributed by atoms with van der Waals surface area (Å²) < 4.78 is 0. The molecule has 0 unspecified atom stereocenters. The second-order valence-corrected chi connectivity index (χ2v) is 6.17. The van der Waals surface area contributed by atoms with Gasteiger partial charge in [0.15, 0.2) is 6.04 Å². The van der Waals surface area contributed by atoms with Crippen LogP contribution in [0.5, 0.6) is 0 Å². The maximum atomic E-state index is 12.1. The van der Waals surface area contributed by atoms with E-state index in [0.717, 1.165) is 0 Å². The Morgan fingerprint density at radius 2 is 1.75 bits per heavy atom. The van der Waals surface area contributed by atoms with E-state index >= 15 is 0 Å². The van der Waals surface area contributed by atoms with E-state index in [-0.39, 0.29) is 0 Å². The van der Waals surface area contributed by atoms with Gasteiger partial charge < -0.3 is 32.3 Å². The summed E-state index contributed by atoms with van der Waals surface area (Å²) in [4.78, 5) is 46.1. The van der Waals surface area contributed by atoms with E-state index in [4.69, 9.17) is 16.6 Å². The van der Waals surface area contributed by atoms with E-state index in [2.05, 4.69) is 10.6 Å². The van der Waals surface area contributed by atoms with Crippen LogP contribution in [-0.4, -0.2) is 70.1 Å². The number of rotatable bonds is 11. The number of aliphatic hydroxyl groups excluding tert-OH is 1. The van der Waals surface area contributed by atoms with Gasteiger partial charge in [0.1, 0.15) is 6.04 Å². The second kappa shape index (κ2) is 10.8. The van der Waals surface area contributed by atoms with Gasteiger partial charge in [0.25, 0.3) is 0 Å². The molecule has 0 spiro atoms. The quantitative estimate of drug-likeness (QED) is 0.230. The van der Waals surface area contributed by atoms with Gasteiger partial charge in [-0.1, -0.05) is 0 Å². The number of carboxylic acid groups (broad SMARTS) is 1. The van der Waals surface area contributed by atoms with Crippen LogP contribution in [0.15, 0.2) is 0 Å². The number of aliphatic carboxylic acids is 1. The van der Waals surface area contributed by atoms with Crippen molar-refractivity contribution in [3.8, 4) is 0 Å². The number of primary amides is 1. The first-order valence-corrected chi connectivity index (χ1v) is 8.54. The van der Waals surface area contributed by atoms with E-state index < -0.39 is 54.3 Å². The minimum Gasteiger partial charge on any atom is -0.480 e. The number of carbonyl (C=O) groups excluding carboxylic acids is 3. The Bertz CT molecular complexity index is 473. The Morgan fingerprint density at radius 1 is 1.17 bits per heavy atom. The molecule has 0 fully saturated rings. The zero-order valence-corrected chi connectivity index (χ0v) is 14.3. The van der Waals surface area contributed by atoms with Crippen molar-refractivity contribution in [2.24, 2.45) is 11.5 Å². The lowest BCUT2D eigenvalue weighted by Crippen LogP contribution is -2.57. The molecule has 0 aromatic rings. The Hall–Kier alpha value is -1.85. The van der Waals surface area contributed by atoms with Crippen molar-refractivity contribution < 1.29 is 29.4 Å². The number of thioether (sulfide) groups is 1. The first-order valence-electron chi connectivity index (χ1n) is 7.14. The fraction of sp³-hybridized carbons (Fsp3) is 0.692. The molecule has 11 heteroatoms. The van der Waals surface area contributed by atoms with Gasteiger partial charge >= 0.3 is 5.97 Å². The van der Waals surface area contributed by atoms with Gasteiger partial charge in [-0.25, -0.2) is 4.79 Å². The normalized spacial score (nSPS) is 15.7. The lowest BCUT2D eigenvalue weighted by Gasteiger charge is -2.23. The minimum absolute atomic E-state index is 0.364. The van der Waals surface area contributed by atoms with E-state index in [0.29, 0.717) is 12.2 Å². The molecule has 4 atom stereocenters. The Balaban J connectivity index is 4.98. The summed E-state index contributed by atoms with van der Waals surface area (Å²) in [5, 5.41) is 22.6. The molecule has 0 heterocycles. The summed E-state index contributed by atoms with van der Waals surface area (Å²) in [5.41, 5.74) is 10.7. The van der Waals surface area contributed by atoms with Crippen molar-refractivity contribution >= 4 is 35.5 Å². The maximum Gasteiger partial charge on any atom is 0.328 e. The van der Waals surface area contributed by atoms with Crippen LogP contribution in [0.4, 0.5) is 0 Å². The summed E-state index contributed by atoms with van der Waals surface area (Å²) in [5.74, 6) is -3.30. The highest BCUT2D eigenvalue weighted by atomic mass is 32.2. The molecule has 138 valence electrons. The highest BCUT2D eigenvalue weighted by Crippen LogP contribution is 2.02. The molecule has 0 saturated carbocycles. The molecule has 0 rings (SSSR count). The molecule has 0 aromatic heterocycles. The predicted octanol–water partition coefficient (Wildman–Crippen LogP) is -2.62. The predicted molar refractivity (Wildman–Crippen MR) is 88.0 cm³/mol. The smallest absolute Gasteiger partial charge is 0.328 e. The molecule has 0 aliphatic rings. The lowest BCUT2D eigenvalue weighted by molar-refractivity contribution is -0.145. The fourth-order valence-corrected chi connectivity index (χ4v) is 2.20. The highest BCUT2D eigenvalue weighted by Gasteiger charge is 2.31. The van der Waals surface area contributed by atoms with Crippen molar-refractivity contribution in [2.45, 2.75) is 44.0 Å². The molecule has 0 radical (unpaired) electrons. The Labute approximate surface area is 143 Å². The highest BCUT2D eigenvalue weighted by molar-refractivity contribution is 7.98. The van der Waals surface area contributed by atoms with Gasteiger partial charge in [-0.15, -0.1) is 0 Å². The van der Waals surface area contributed by atoms with Crippen LogP contribution in [0.1, 0.15) is 19.8 Å². The van der Waals surface area contributed by atoms with Crippen LogP contribution in [0, 0.1) is 0 Å². The number of nitrogens with two attached hydrogens (primary N) is 2. The molecular weight excluding hydrogens is 340 g/mol. The molecule has 0 aromatic carbocycles. The third-order valence-corrected chi connectivity index (χ3v) is 3.70. The van der Waals surface area contributed by atoms with Crippen molar-refractivity contribution in [2.75, 3.05) is 12.0 Å². The van der Waals surface area contributed by atoms with E-state index in [9.17, 15) is 24.3 Å². The van der Waals surface area contributed by atoms with Crippen molar-refractivity contribution in [3.05, 3.63) is 0 Å². The van der Waals surface area contributed by atoms with Crippen molar-refractivity contribution in [1.29, 1.82) is 0 Å². The van der Waals surface area contributed by atoms with Crippen molar-refractivity contribution in [1.82, 2.24) is 10.6 Å². The molecule has 0 aliphatic carbocycles. The maximum absolute atomic E-state index is 12.1. The standard InChI is InChI=1S/C13H24N4O6S/c1-6(18)10(13(22)23)17-12(21)8(5-9(15)19)16-11(20)7(14)3-4-24-2/h6-8,10,18H,3-5,14H2,1-2H3,(H2,15,19)(H,16,20)(H,17,21)(H,22,23)/t6-,7+,8+,10+/m1/s1. The summed E-state index contributed by atoms with van der Waals surface area (Å²) >= 11 is 1.49. The summed E-state index contributed by atoms with van der Waals surface area (Å²) in [6.07, 6.45) is 0.304. The van der Waals surface area contributed by atoms with Crippen molar-refractivity contribution in [3.63, 3.8) is 0 Å². The number of aliphatic hydroxyl groups is 1. The molecule has 0 bridgehead atoms. The van der Waals surface area contributed by atoms with E-state index in [1.807, 2.05) is 6.26 Å². The lowest BCUT2D eigenvalue weighted by atomic mass is 10.1. The van der Waals surface area contributed by atoms with Crippen LogP contribution in [-0.2, 0) is 19.2 Å². The number of amides is 3. The van der Waals surface area contributed by atoms with Gasteiger partial charge in [-0.3, -0.25) is 14.4 Å². The largest absolute Gasteiger partial charge is 0.480 e. The summed E-state index contributed by atoms with van der Waals surface area (Å²) in [6.45, 7) is 1.18. The fourth-order valence-electron chi connectivity index (χ4n) is 1.71. The summed E-state index contributed by atoms with van der Waals surface area (Å²) in [7, 11) is 0. The monoisotopic (exact) mass is 364 g/mol. The number of hydrogen-bond donors (Lipinski definition) is 6. The van der Waals surface area contributed by atoms with Gasteiger partial charge in [-0.05, 0) is 25.4 Å².